The molecule has 142 valence electrons. The van der Waals surface area contributed by atoms with Crippen LogP contribution in [0.5, 0.6) is 0 Å². The van der Waals surface area contributed by atoms with Crippen molar-refractivity contribution in [2.24, 2.45) is 7.05 Å². The van der Waals surface area contributed by atoms with Gasteiger partial charge in [-0.05, 0) is 6.08 Å². The lowest BCUT2D eigenvalue weighted by atomic mass is 10.1. The molecule has 3 rings (SSSR count). The van der Waals surface area contributed by atoms with Crippen LogP contribution in [0.4, 0.5) is 11.4 Å². The number of aryl methyl sites for hydroxylation is 1. The summed E-state index contributed by atoms with van der Waals surface area (Å²) in [6.07, 6.45) is 13.0. The molecule has 0 unspecified atom stereocenters. The van der Waals surface area contributed by atoms with Crippen LogP contribution in [0.3, 0.4) is 0 Å². The second kappa shape index (κ2) is 8.35. The first-order valence-corrected chi connectivity index (χ1v) is 9.83. The zero-order valence-corrected chi connectivity index (χ0v) is 16.2. The van der Waals surface area contributed by atoms with Gasteiger partial charge in [0, 0.05) is 50.7 Å². The maximum Gasteiger partial charge on any atom is 0.275 e. The molecule has 1 aromatic rings. The maximum atomic E-state index is 12.7. The van der Waals surface area contributed by atoms with Gasteiger partial charge in [0.1, 0.15) is 5.69 Å². The van der Waals surface area contributed by atoms with Gasteiger partial charge in [-0.3, -0.25) is 9.59 Å². The molecule has 0 bridgehead atoms. The molecule has 2 aliphatic rings. The minimum atomic E-state index is -0.213. The topological polar surface area (TPSA) is 71.6 Å². The predicted molar refractivity (Wildman–Crippen MR) is 114 cm³/mol. The molecule has 7 heteroatoms. The van der Waals surface area contributed by atoms with Crippen LogP contribution in [0.2, 0.25) is 0 Å². The number of amides is 1. The van der Waals surface area contributed by atoms with Gasteiger partial charge in [0.15, 0.2) is 0 Å². The first-order chi connectivity index (χ1) is 13.0. The summed E-state index contributed by atoms with van der Waals surface area (Å²) < 4.78 is 1.49. The number of hydrogen-bond acceptors (Lipinski definition) is 5. The van der Waals surface area contributed by atoms with Crippen molar-refractivity contribution in [2.75, 3.05) is 42.6 Å². The Hall–Kier alpha value is -2.67. The van der Waals surface area contributed by atoms with Gasteiger partial charge in [-0.25, -0.2) is 0 Å². The van der Waals surface area contributed by atoms with Crippen molar-refractivity contribution in [1.29, 1.82) is 0 Å². The zero-order valence-electron chi connectivity index (χ0n) is 15.4. The molecule has 1 amide bonds. The van der Waals surface area contributed by atoms with Crippen LogP contribution in [0.15, 0.2) is 52.9 Å². The summed E-state index contributed by atoms with van der Waals surface area (Å²) in [6, 6.07) is 0. The first kappa shape index (κ1) is 19.1. The van der Waals surface area contributed by atoms with Crippen molar-refractivity contribution in [1.82, 2.24) is 9.47 Å². The van der Waals surface area contributed by atoms with E-state index in [0.717, 1.165) is 21.9 Å². The summed E-state index contributed by atoms with van der Waals surface area (Å²) in [6.45, 7) is 6.15. The highest BCUT2D eigenvalue weighted by Gasteiger charge is 2.26. The lowest BCUT2D eigenvalue weighted by Gasteiger charge is -2.37. The van der Waals surface area contributed by atoms with E-state index >= 15 is 0 Å². The second-order valence-corrected chi connectivity index (χ2v) is 7.47. The highest BCUT2D eigenvalue weighted by molar-refractivity contribution is 8.04. The van der Waals surface area contributed by atoms with Crippen molar-refractivity contribution in [3.05, 3.63) is 64.0 Å². The number of hydrogen-bond donors (Lipinski definition) is 1. The third-order valence-corrected chi connectivity index (χ3v) is 5.62. The number of anilines is 2. The normalized spacial score (nSPS) is 17.3. The average Bonchev–Trinajstić information content (AvgIpc) is 2.71. The summed E-state index contributed by atoms with van der Waals surface area (Å²) in [5.41, 5.74) is 7.78. The van der Waals surface area contributed by atoms with E-state index in [0.29, 0.717) is 26.2 Å². The average molecular weight is 385 g/mol. The molecule has 0 aromatic carbocycles. The van der Waals surface area contributed by atoms with Crippen LogP contribution in [-0.2, 0) is 11.8 Å². The van der Waals surface area contributed by atoms with Crippen LogP contribution in [-0.4, -0.2) is 47.3 Å². The van der Waals surface area contributed by atoms with Crippen molar-refractivity contribution in [3.8, 4) is 0 Å². The van der Waals surface area contributed by atoms with E-state index in [2.05, 4.69) is 11.5 Å². The molecule has 27 heavy (non-hydrogen) atoms. The minimum Gasteiger partial charge on any atom is -0.393 e. The molecule has 1 aromatic heterocycles. The Balaban J connectivity index is 1.80. The summed E-state index contributed by atoms with van der Waals surface area (Å²) in [7, 11) is 1.69. The fourth-order valence-corrected chi connectivity index (χ4v) is 4.06. The van der Waals surface area contributed by atoms with E-state index in [1.807, 2.05) is 35.3 Å². The van der Waals surface area contributed by atoms with E-state index in [1.165, 1.54) is 4.57 Å². The number of carbonyl (C=O) groups is 1. The number of thioether (sulfide) groups is 1. The molecule has 2 N–H and O–H groups in total. The van der Waals surface area contributed by atoms with Gasteiger partial charge in [0.05, 0.1) is 10.6 Å². The number of nitrogens with zero attached hydrogens (tertiary/aromatic N) is 3. The predicted octanol–water partition coefficient (Wildman–Crippen LogP) is 2.00. The molecule has 3 heterocycles. The van der Waals surface area contributed by atoms with Crippen molar-refractivity contribution in [2.45, 2.75) is 0 Å². The van der Waals surface area contributed by atoms with E-state index in [9.17, 15) is 9.59 Å². The molecular formula is C20H24N4O2S. The Morgan fingerprint density at radius 3 is 2.67 bits per heavy atom. The third-order valence-electron chi connectivity index (χ3n) is 4.64. The molecule has 0 radical (unpaired) electrons. The molecule has 0 saturated carbocycles. The third kappa shape index (κ3) is 4.03. The van der Waals surface area contributed by atoms with E-state index in [4.69, 9.17) is 5.73 Å². The van der Waals surface area contributed by atoms with Gasteiger partial charge in [-0.15, -0.1) is 11.8 Å². The van der Waals surface area contributed by atoms with Gasteiger partial charge < -0.3 is 20.1 Å². The number of aromatic nitrogens is 1. The van der Waals surface area contributed by atoms with E-state index in [1.54, 1.807) is 31.1 Å². The molecule has 1 fully saturated rings. The fraction of sp³-hybridized carbons (Fsp3) is 0.300. The standard InChI is InChI=1S/C20H24N4O2S/c1-3-4-7-15-14-22(2)20(26)17(21)18(15)23-9-11-24(12-10-23)19(25)16-8-5-6-13-27-16/h3-8,14H,1,9-13,21H2,2H3/b7-4-. The largest absolute Gasteiger partial charge is 0.393 e. The summed E-state index contributed by atoms with van der Waals surface area (Å²) in [4.78, 5) is 29.7. The van der Waals surface area contributed by atoms with Gasteiger partial charge in [0.25, 0.3) is 11.5 Å². The lowest BCUT2D eigenvalue weighted by molar-refractivity contribution is -0.126. The number of allylic oxidation sites excluding steroid dienone is 4. The van der Waals surface area contributed by atoms with Gasteiger partial charge in [-0.1, -0.05) is 37.0 Å². The minimum absolute atomic E-state index is 0.0766. The van der Waals surface area contributed by atoms with Gasteiger partial charge in [0.2, 0.25) is 0 Å². The lowest BCUT2D eigenvalue weighted by Crippen LogP contribution is -2.49. The molecule has 0 atom stereocenters. The van der Waals surface area contributed by atoms with Gasteiger partial charge in [-0.2, -0.15) is 0 Å². The first-order valence-electron chi connectivity index (χ1n) is 8.85. The Kier molecular flexibility index (Phi) is 5.91. The molecule has 6 nitrogen and oxygen atoms in total. The quantitative estimate of drug-likeness (QED) is 0.804. The van der Waals surface area contributed by atoms with Gasteiger partial charge >= 0.3 is 0 Å². The maximum absolute atomic E-state index is 12.7. The number of piperazine rings is 1. The summed E-state index contributed by atoms with van der Waals surface area (Å²) >= 11 is 1.57. The van der Waals surface area contributed by atoms with E-state index < -0.39 is 0 Å². The molecular weight excluding hydrogens is 360 g/mol. The second-order valence-electron chi connectivity index (χ2n) is 6.41. The highest BCUT2D eigenvalue weighted by atomic mass is 32.2. The van der Waals surface area contributed by atoms with Crippen molar-refractivity contribution < 1.29 is 4.79 Å². The Bertz CT molecular complexity index is 890. The Labute approximate surface area is 163 Å². The number of nitrogens with two attached hydrogens (primary N) is 1. The smallest absolute Gasteiger partial charge is 0.275 e. The van der Waals surface area contributed by atoms with E-state index in [-0.39, 0.29) is 17.2 Å². The highest BCUT2D eigenvalue weighted by Crippen LogP contribution is 2.28. The van der Waals surface area contributed by atoms with Crippen LogP contribution in [0, 0.1) is 0 Å². The summed E-state index contributed by atoms with van der Waals surface area (Å²) in [5.74, 6) is 0.910. The summed E-state index contributed by atoms with van der Waals surface area (Å²) in [5, 5.41) is 0. The number of carbonyl (C=O) groups excluding carboxylic acids is 1. The molecule has 1 saturated heterocycles. The molecule has 0 spiro atoms. The SMILES string of the molecule is C=C/C=C\c1cn(C)c(=O)c(N)c1N1CCN(C(=O)C2=CC=CCS2)CC1. The van der Waals surface area contributed by atoms with Crippen LogP contribution >= 0.6 is 11.8 Å². The number of rotatable bonds is 4. The van der Waals surface area contributed by atoms with Crippen molar-refractivity contribution >= 4 is 35.1 Å². The Morgan fingerprint density at radius 1 is 1.30 bits per heavy atom. The number of nitrogen functional groups attached to an aromatic ring is 1. The number of pyridine rings is 1. The Morgan fingerprint density at radius 2 is 2.04 bits per heavy atom. The van der Waals surface area contributed by atoms with Crippen LogP contribution in [0.25, 0.3) is 6.08 Å². The monoisotopic (exact) mass is 384 g/mol. The molecule has 0 aliphatic carbocycles. The molecule has 2 aliphatic heterocycles. The zero-order chi connectivity index (χ0) is 19.4. The van der Waals surface area contributed by atoms with Crippen LogP contribution in [0.1, 0.15) is 5.56 Å². The van der Waals surface area contributed by atoms with Crippen LogP contribution < -0.4 is 16.2 Å². The fourth-order valence-electron chi connectivity index (χ4n) is 3.24. The van der Waals surface area contributed by atoms with Crippen molar-refractivity contribution in [3.63, 3.8) is 0 Å².